The summed E-state index contributed by atoms with van der Waals surface area (Å²) in [6.07, 6.45) is 0. The van der Waals surface area contributed by atoms with Crippen molar-refractivity contribution in [3.05, 3.63) is 28.9 Å². The van der Waals surface area contributed by atoms with Crippen LogP contribution in [-0.4, -0.2) is 9.67 Å². The fraction of sp³-hybridized carbons (Fsp3) is 0.333. The third-order valence-electron chi connectivity index (χ3n) is 2.68. The Labute approximate surface area is 94.1 Å². The van der Waals surface area contributed by atoms with E-state index in [1.54, 1.807) is 12.1 Å². The molecule has 0 fully saturated rings. The van der Waals surface area contributed by atoms with E-state index in [2.05, 4.69) is 18.4 Å². The first-order chi connectivity index (χ1) is 7.02. The number of aromatic hydroxyl groups is 1. The quantitative estimate of drug-likeness (QED) is 0.780. The second kappa shape index (κ2) is 3.46. The standard InChI is InChI=1S/C12H14ClNO/c1-7(2)14-11-5-4-9(15)6-10(11)8(3)12(14)13/h4-7,15H,1-3H3. The molecule has 0 aliphatic rings. The number of nitrogens with zero attached hydrogens (tertiary/aromatic N) is 1. The summed E-state index contributed by atoms with van der Waals surface area (Å²) >= 11 is 6.27. The van der Waals surface area contributed by atoms with Gasteiger partial charge < -0.3 is 9.67 Å². The van der Waals surface area contributed by atoms with Crippen LogP contribution in [-0.2, 0) is 0 Å². The highest BCUT2D eigenvalue weighted by molar-refractivity contribution is 6.32. The maximum atomic E-state index is 9.44. The molecular formula is C12H14ClNO. The predicted molar refractivity (Wildman–Crippen MR) is 63.7 cm³/mol. The van der Waals surface area contributed by atoms with Crippen LogP contribution < -0.4 is 0 Å². The van der Waals surface area contributed by atoms with Gasteiger partial charge in [0.2, 0.25) is 0 Å². The number of hydrogen-bond acceptors (Lipinski definition) is 1. The van der Waals surface area contributed by atoms with E-state index in [9.17, 15) is 5.11 Å². The van der Waals surface area contributed by atoms with E-state index in [1.165, 1.54) is 0 Å². The molecule has 1 aromatic carbocycles. The molecule has 2 aromatic rings. The zero-order valence-corrected chi connectivity index (χ0v) is 9.84. The summed E-state index contributed by atoms with van der Waals surface area (Å²) in [5.41, 5.74) is 2.10. The minimum Gasteiger partial charge on any atom is -0.508 e. The van der Waals surface area contributed by atoms with Crippen LogP contribution in [0.1, 0.15) is 25.5 Å². The van der Waals surface area contributed by atoms with E-state index in [0.717, 1.165) is 21.6 Å². The number of hydrogen-bond donors (Lipinski definition) is 1. The van der Waals surface area contributed by atoms with Crippen molar-refractivity contribution in [1.82, 2.24) is 4.57 Å². The first-order valence-corrected chi connectivity index (χ1v) is 5.39. The fourth-order valence-corrected chi connectivity index (χ4v) is 2.32. The number of fused-ring (bicyclic) bond motifs is 1. The molecule has 0 saturated heterocycles. The monoisotopic (exact) mass is 223 g/mol. The predicted octanol–water partition coefficient (Wildman–Crippen LogP) is 3.89. The number of phenolic OH excluding ortho intramolecular Hbond substituents is 1. The van der Waals surface area contributed by atoms with E-state index in [-0.39, 0.29) is 5.75 Å². The van der Waals surface area contributed by atoms with Gasteiger partial charge in [-0.25, -0.2) is 0 Å². The maximum Gasteiger partial charge on any atom is 0.116 e. The van der Waals surface area contributed by atoms with Gasteiger partial charge in [0, 0.05) is 16.9 Å². The zero-order valence-electron chi connectivity index (χ0n) is 9.08. The highest BCUT2D eigenvalue weighted by Gasteiger charge is 2.14. The molecule has 1 N–H and O–H groups in total. The van der Waals surface area contributed by atoms with E-state index in [1.807, 2.05) is 13.0 Å². The van der Waals surface area contributed by atoms with Crippen molar-refractivity contribution in [1.29, 1.82) is 0 Å². The van der Waals surface area contributed by atoms with Crippen molar-refractivity contribution in [2.45, 2.75) is 26.8 Å². The van der Waals surface area contributed by atoms with E-state index >= 15 is 0 Å². The van der Waals surface area contributed by atoms with Crippen LogP contribution in [0.5, 0.6) is 5.75 Å². The number of aryl methyl sites for hydroxylation is 1. The van der Waals surface area contributed by atoms with Gasteiger partial charge in [-0.15, -0.1) is 0 Å². The molecule has 0 unspecified atom stereocenters. The molecule has 2 rings (SSSR count). The summed E-state index contributed by atoms with van der Waals surface area (Å²) in [5.74, 6) is 0.281. The van der Waals surface area contributed by atoms with Gasteiger partial charge in [-0.3, -0.25) is 0 Å². The Morgan fingerprint density at radius 3 is 2.60 bits per heavy atom. The first kappa shape index (κ1) is 10.4. The Kier molecular flexibility index (Phi) is 2.39. The SMILES string of the molecule is Cc1c(Cl)n(C(C)C)c2ccc(O)cc12. The van der Waals surface area contributed by atoms with E-state index < -0.39 is 0 Å². The van der Waals surface area contributed by atoms with Crippen LogP contribution in [0.25, 0.3) is 10.9 Å². The molecule has 0 amide bonds. The summed E-state index contributed by atoms with van der Waals surface area (Å²) in [6, 6.07) is 5.67. The smallest absolute Gasteiger partial charge is 0.116 e. The van der Waals surface area contributed by atoms with Gasteiger partial charge in [-0.2, -0.15) is 0 Å². The molecular weight excluding hydrogens is 210 g/mol. The molecule has 0 radical (unpaired) electrons. The highest BCUT2D eigenvalue weighted by Crippen LogP contribution is 2.33. The molecule has 0 bridgehead atoms. The molecule has 0 aliphatic carbocycles. The highest BCUT2D eigenvalue weighted by atomic mass is 35.5. The third-order valence-corrected chi connectivity index (χ3v) is 3.15. The Balaban J connectivity index is 2.87. The Morgan fingerprint density at radius 1 is 1.33 bits per heavy atom. The van der Waals surface area contributed by atoms with Gasteiger partial charge in [-0.1, -0.05) is 11.6 Å². The lowest BCUT2D eigenvalue weighted by atomic mass is 10.2. The minimum absolute atomic E-state index is 0.281. The van der Waals surface area contributed by atoms with E-state index in [4.69, 9.17) is 11.6 Å². The molecule has 1 aromatic heterocycles. The topological polar surface area (TPSA) is 25.2 Å². The van der Waals surface area contributed by atoms with Crippen molar-refractivity contribution in [3.63, 3.8) is 0 Å². The minimum atomic E-state index is 0.281. The lowest BCUT2D eigenvalue weighted by molar-refractivity contribution is 0.476. The van der Waals surface area contributed by atoms with Gasteiger partial charge in [0.1, 0.15) is 10.9 Å². The molecule has 2 nitrogen and oxygen atoms in total. The number of phenols is 1. The number of rotatable bonds is 1. The Bertz CT molecular complexity index is 514. The van der Waals surface area contributed by atoms with Crippen molar-refractivity contribution in [2.75, 3.05) is 0 Å². The Hall–Kier alpha value is -1.15. The van der Waals surface area contributed by atoms with Gasteiger partial charge in [0.25, 0.3) is 0 Å². The van der Waals surface area contributed by atoms with Gasteiger partial charge in [0.15, 0.2) is 0 Å². The van der Waals surface area contributed by atoms with Gasteiger partial charge in [-0.05, 0) is 44.5 Å². The maximum absolute atomic E-state index is 9.44. The average Bonchev–Trinajstić information content (AvgIpc) is 2.41. The number of halogens is 1. The summed E-state index contributed by atoms with van der Waals surface area (Å²) in [5, 5.41) is 11.2. The largest absolute Gasteiger partial charge is 0.508 e. The average molecular weight is 224 g/mol. The van der Waals surface area contributed by atoms with Crippen molar-refractivity contribution in [2.24, 2.45) is 0 Å². The molecule has 0 saturated carbocycles. The molecule has 0 aliphatic heterocycles. The number of aromatic nitrogens is 1. The van der Waals surface area contributed by atoms with Gasteiger partial charge >= 0.3 is 0 Å². The summed E-state index contributed by atoms with van der Waals surface area (Å²) in [7, 11) is 0. The van der Waals surface area contributed by atoms with E-state index in [0.29, 0.717) is 6.04 Å². The Morgan fingerprint density at radius 2 is 2.00 bits per heavy atom. The normalized spacial score (nSPS) is 11.5. The molecule has 1 heterocycles. The second-order valence-corrected chi connectivity index (χ2v) is 4.44. The van der Waals surface area contributed by atoms with Crippen LogP contribution in [0.3, 0.4) is 0 Å². The number of benzene rings is 1. The molecule has 3 heteroatoms. The lowest BCUT2D eigenvalue weighted by Gasteiger charge is -2.10. The molecule has 0 atom stereocenters. The van der Waals surface area contributed by atoms with Crippen molar-refractivity contribution < 1.29 is 5.11 Å². The zero-order chi connectivity index (χ0) is 11.2. The lowest BCUT2D eigenvalue weighted by Crippen LogP contribution is -1.99. The third kappa shape index (κ3) is 1.49. The van der Waals surface area contributed by atoms with Crippen LogP contribution >= 0.6 is 11.6 Å². The van der Waals surface area contributed by atoms with Crippen molar-refractivity contribution in [3.8, 4) is 5.75 Å². The van der Waals surface area contributed by atoms with Crippen LogP contribution in [0.15, 0.2) is 18.2 Å². The summed E-state index contributed by atoms with van der Waals surface area (Å²) < 4.78 is 2.08. The van der Waals surface area contributed by atoms with Crippen LogP contribution in [0.4, 0.5) is 0 Å². The van der Waals surface area contributed by atoms with Gasteiger partial charge in [0.05, 0.1) is 0 Å². The molecule has 0 spiro atoms. The summed E-state index contributed by atoms with van der Waals surface area (Å²) in [4.78, 5) is 0. The fourth-order valence-electron chi connectivity index (χ4n) is 1.94. The second-order valence-electron chi connectivity index (χ2n) is 4.08. The molecule has 80 valence electrons. The summed E-state index contributed by atoms with van der Waals surface area (Å²) in [6.45, 7) is 6.16. The van der Waals surface area contributed by atoms with Crippen LogP contribution in [0, 0.1) is 6.92 Å². The van der Waals surface area contributed by atoms with Crippen LogP contribution in [0.2, 0.25) is 5.15 Å². The molecule has 15 heavy (non-hydrogen) atoms. The van der Waals surface area contributed by atoms with Crippen molar-refractivity contribution >= 4 is 22.5 Å². The first-order valence-electron chi connectivity index (χ1n) is 5.01.